The molecule has 5 aliphatic carbocycles. The lowest BCUT2D eigenvalue weighted by atomic mass is 9.86. The first-order chi connectivity index (χ1) is 49.9. The van der Waals surface area contributed by atoms with Gasteiger partial charge in [-0.25, -0.2) is 14.4 Å². The fourth-order valence-corrected chi connectivity index (χ4v) is 8.12. The molecule has 6 fully saturated rings. The van der Waals surface area contributed by atoms with Crippen LogP contribution in [-0.2, 0) is 122 Å². The fourth-order valence-electron chi connectivity index (χ4n) is 8.12. The molecule has 3 unspecified atom stereocenters. The molecular weight excluding hydrogens is 1390 g/mol. The summed E-state index contributed by atoms with van der Waals surface area (Å²) in [6, 6.07) is 31.9. The van der Waals surface area contributed by atoms with Gasteiger partial charge in [-0.15, -0.1) is 0 Å². The number of carboxylic acids is 6. The van der Waals surface area contributed by atoms with Gasteiger partial charge < -0.3 is 35.4 Å². The predicted octanol–water partition coefficient (Wildman–Crippen LogP) is 9.82. The summed E-state index contributed by atoms with van der Waals surface area (Å²) in [7, 11) is 0. The minimum atomic E-state index is -1.71. The van der Waals surface area contributed by atoms with Crippen LogP contribution in [0.4, 0.5) is 0 Å². The van der Waals surface area contributed by atoms with E-state index in [9.17, 15) is 47.9 Å². The van der Waals surface area contributed by atoms with E-state index >= 15 is 0 Å². The zero-order chi connectivity index (χ0) is 83.2. The van der Waals surface area contributed by atoms with Gasteiger partial charge >= 0.3 is 72.7 Å². The number of benzene rings is 3. The number of epoxide rings is 1. The van der Waals surface area contributed by atoms with E-state index in [1.54, 1.807) is 0 Å². The van der Waals surface area contributed by atoms with E-state index in [0.29, 0.717) is 17.4 Å². The molecule has 576 valence electrons. The number of aliphatic carboxylic acids is 6. The largest absolute Gasteiger partial charge is 0.481 e. The van der Waals surface area contributed by atoms with E-state index < -0.39 is 48.0 Å². The average Bonchev–Trinajstić information content (AvgIpc) is 1.57. The van der Waals surface area contributed by atoms with E-state index in [-0.39, 0.29) is 66.6 Å². The van der Waals surface area contributed by atoms with Gasteiger partial charge in [0.1, 0.15) is 6.42 Å². The highest BCUT2D eigenvalue weighted by molar-refractivity contribution is 6.35. The second-order valence-corrected chi connectivity index (χ2v) is 22.9. The maximum Gasteiger partial charge on any atom is 0.373 e. The van der Waals surface area contributed by atoms with Crippen molar-refractivity contribution in [1.82, 2.24) is 0 Å². The fraction of sp³-hybridized carbons (Fsp3) is 0.403. The Morgan fingerprint density at radius 2 is 0.783 bits per heavy atom. The summed E-state index contributed by atoms with van der Waals surface area (Å²) in [5.74, 6) is -2.13. The first kappa shape index (κ1) is 107. The Kier molecular flexibility index (Phi) is 70.7. The molecule has 1 aliphatic heterocycles. The zero-order valence-corrected chi connectivity index (χ0v) is 60.7. The van der Waals surface area contributed by atoms with Crippen molar-refractivity contribution in [1.29, 1.82) is 0 Å². The molecule has 0 spiro atoms. The minimum absolute atomic E-state index is 0.0831. The molecule has 3 aromatic rings. The summed E-state index contributed by atoms with van der Waals surface area (Å²) in [6.07, 6.45) is 23.6. The van der Waals surface area contributed by atoms with Crippen LogP contribution < -0.4 is 0 Å². The van der Waals surface area contributed by atoms with Crippen LogP contribution in [0.5, 0.6) is 0 Å². The van der Waals surface area contributed by atoms with Crippen LogP contribution >= 0.6 is 0 Å². The number of rotatable bonds is 19. The molecule has 1 heterocycles. The number of hydrogen-bond donors (Lipinski definition) is 6. The van der Waals surface area contributed by atoms with Gasteiger partial charge in [0.05, 0.1) is 25.0 Å². The first-order valence-electron chi connectivity index (χ1n) is 32.1. The second kappa shape index (κ2) is 69.9. The normalized spacial score (nSPS) is 18.5. The summed E-state index contributed by atoms with van der Waals surface area (Å²) in [5, 5.41) is 48.6. The monoisotopic (exact) mass is 1480 g/mol. The standard InChI is InChI=1S/C16H16.C11H12O2.2C7H8O3.C6H8O3.2C6H12.C5H8.C4H4O5.C3H6O.6CO2/c1-13-12-16(13,14-8-4-2-5-9-14)15-10-6-3-7-11-15;12-11(13)10-7-9(10)6-8-4-2-1-3-5-8;2*1-6(8)4-2-3-5-7(9)10;1-5(7)3-2-4-6(8)9;2*1-3-6-4-5(6)2;1-4-3-5(4)2;5-2(4(8)9)1-3(6)7;1-3-2-4-3;6*2-1-3/h2-11,13H,12H2,1H3;1-5,9-10H,6-7H2,(H,12,13);2*2-5H,1H3,(H,9,10);2-3H,4H2,1H3,(H,8,9);2*5-6H,3-4H2,1-2H3;5H,1,3H2,2H3;1H2,(H,6,7)(H,8,9);3H,2H2,1H3;;;;;;/b;;4-2+,5-3+;4-2-,5-3-;3-2+;;;;;;;;;;;/t13-;9?,10-;;;;2*5-,6?;5-;;3-;;;;;;/m00...000.0....../s1. The summed E-state index contributed by atoms with van der Waals surface area (Å²) in [5.41, 5.74) is 5.89. The van der Waals surface area contributed by atoms with E-state index in [0.717, 1.165) is 67.1 Å². The number of ether oxygens (including phenoxy) is 1. The van der Waals surface area contributed by atoms with Crippen LogP contribution in [0, 0.1) is 47.3 Å². The molecule has 0 bridgehead atoms. The maximum absolute atomic E-state index is 10.6. The van der Waals surface area contributed by atoms with Gasteiger partial charge in [0.15, 0.2) is 17.3 Å². The van der Waals surface area contributed by atoms with Gasteiger partial charge in [0, 0.05) is 17.6 Å². The van der Waals surface area contributed by atoms with Gasteiger partial charge in [-0.3, -0.25) is 33.6 Å². The van der Waals surface area contributed by atoms with Crippen LogP contribution in [0.1, 0.15) is 144 Å². The molecule has 6 aliphatic rings. The van der Waals surface area contributed by atoms with Crippen molar-refractivity contribution in [2.75, 3.05) is 6.61 Å². The van der Waals surface area contributed by atoms with Crippen molar-refractivity contribution < 1.29 is 141 Å². The maximum atomic E-state index is 10.6. The van der Waals surface area contributed by atoms with Crippen LogP contribution in [0.25, 0.3) is 0 Å². The van der Waals surface area contributed by atoms with Gasteiger partial charge in [0.2, 0.25) is 0 Å². The molecule has 29 nitrogen and oxygen atoms in total. The lowest BCUT2D eigenvalue weighted by Crippen LogP contribution is -2.16. The lowest BCUT2D eigenvalue weighted by Gasteiger charge is -2.17. The summed E-state index contributed by atoms with van der Waals surface area (Å²) < 4.78 is 4.71. The van der Waals surface area contributed by atoms with Gasteiger partial charge in [0.25, 0.3) is 5.78 Å². The van der Waals surface area contributed by atoms with Crippen LogP contribution in [-0.4, -0.2) is 139 Å². The van der Waals surface area contributed by atoms with Crippen molar-refractivity contribution in [3.05, 3.63) is 181 Å². The van der Waals surface area contributed by atoms with Gasteiger partial charge in [-0.1, -0.05) is 188 Å². The number of allylic oxidation sites excluding steroid dienone is 8. The van der Waals surface area contributed by atoms with E-state index in [2.05, 4.69) is 128 Å². The summed E-state index contributed by atoms with van der Waals surface area (Å²) in [6.45, 7) is 24.7. The Morgan fingerprint density at radius 1 is 0.491 bits per heavy atom. The van der Waals surface area contributed by atoms with Gasteiger partial charge in [-0.05, 0) is 143 Å². The number of carboxylic acid groups (broad SMARTS) is 6. The number of ketones is 4. The minimum Gasteiger partial charge on any atom is -0.481 e. The first-order valence-corrected chi connectivity index (χ1v) is 32.1. The predicted molar refractivity (Wildman–Crippen MR) is 370 cm³/mol. The molecule has 29 heteroatoms. The van der Waals surface area contributed by atoms with E-state index in [4.69, 9.17) is 92.9 Å². The van der Waals surface area contributed by atoms with Crippen molar-refractivity contribution in [3.63, 3.8) is 0 Å². The van der Waals surface area contributed by atoms with Crippen molar-refractivity contribution >= 4 is 95.9 Å². The highest BCUT2D eigenvalue weighted by atomic mass is 16.6. The highest BCUT2D eigenvalue weighted by Gasteiger charge is 2.53. The third-order valence-electron chi connectivity index (χ3n) is 14.2. The molecule has 5 saturated carbocycles. The molecule has 0 aromatic heterocycles. The van der Waals surface area contributed by atoms with Crippen LogP contribution in [0.3, 0.4) is 0 Å². The summed E-state index contributed by atoms with van der Waals surface area (Å²) in [4.78, 5) is 197. The quantitative estimate of drug-likeness (QED) is 0.0162. The van der Waals surface area contributed by atoms with Crippen molar-refractivity contribution in [2.45, 2.75) is 145 Å². The molecule has 106 heavy (non-hydrogen) atoms. The second-order valence-electron chi connectivity index (χ2n) is 22.9. The number of carbonyl (C=O) groups is 10. The third kappa shape index (κ3) is 76.0. The molecular formula is C77H94O29. The number of Topliss-reactive ketones (excluding diaryl/α,β-unsaturated/α-hetero) is 1. The molecule has 1 saturated heterocycles. The van der Waals surface area contributed by atoms with E-state index in [1.165, 1.54) is 130 Å². The smallest absolute Gasteiger partial charge is 0.373 e. The highest BCUT2D eigenvalue weighted by Crippen LogP contribution is 2.58. The Bertz CT molecular complexity index is 3210. The van der Waals surface area contributed by atoms with Crippen LogP contribution in [0.15, 0.2) is 164 Å². The number of carbonyl (C=O) groups excluding carboxylic acids is 16. The zero-order valence-electron chi connectivity index (χ0n) is 60.7. The number of hydrogen-bond acceptors (Lipinski definition) is 23. The SMILES string of the molecule is C=C1C[C@@H]1C.CC(=O)/C=C/C=C/C(=O)O.CC(=O)/C=C/CC(=O)O.CC(=O)/C=C\C=C/C(=O)O.CCC1C[C@@H]1C.CCC1C[C@@H]1C.C[C@H]1CC1(c1ccccc1)c1ccccc1.C[C@H]1CO1.O=C(O)CC(=O)C(=O)O.O=C(O)[C@H]1CC1Cc1ccccc1.O=C=O.O=C=O.O=C=O.O=C=O.O=C=O.O=C=O. The Hall–Kier alpha value is -12.2. The Morgan fingerprint density at radius 3 is 0.962 bits per heavy atom. The molecule has 9 rings (SSSR count). The third-order valence-corrected chi connectivity index (χ3v) is 14.2. The average molecular weight is 1480 g/mol. The summed E-state index contributed by atoms with van der Waals surface area (Å²) >= 11 is 0. The Balaban J connectivity index is -0.000000204. The molecule has 6 N–H and O–H groups in total. The molecule has 9 atom stereocenters. The lowest BCUT2D eigenvalue weighted by molar-refractivity contribution is -0.193. The van der Waals surface area contributed by atoms with Crippen molar-refractivity contribution in [2.24, 2.45) is 47.3 Å². The molecule has 0 amide bonds. The Labute approximate surface area is 613 Å². The molecule has 3 aromatic carbocycles. The topological polar surface area (TPSA) is 509 Å². The van der Waals surface area contributed by atoms with Crippen LogP contribution in [0.2, 0.25) is 0 Å². The molecule has 0 radical (unpaired) electrons. The van der Waals surface area contributed by atoms with E-state index in [1.807, 2.05) is 18.2 Å². The van der Waals surface area contributed by atoms with Crippen molar-refractivity contribution in [3.8, 4) is 0 Å². The van der Waals surface area contributed by atoms with Gasteiger partial charge in [-0.2, -0.15) is 57.5 Å².